The predicted octanol–water partition coefficient (Wildman–Crippen LogP) is 4.43. The van der Waals surface area contributed by atoms with E-state index in [9.17, 15) is 4.79 Å². The summed E-state index contributed by atoms with van der Waals surface area (Å²) in [5.74, 6) is 0.570. The maximum Gasteiger partial charge on any atom is 0.271 e. The molecule has 0 atom stereocenters. The van der Waals surface area contributed by atoms with Gasteiger partial charge >= 0.3 is 0 Å². The van der Waals surface area contributed by atoms with Crippen molar-refractivity contribution in [3.8, 4) is 11.5 Å². The molecule has 0 saturated carbocycles. The fourth-order valence-corrected chi connectivity index (χ4v) is 2.33. The summed E-state index contributed by atoms with van der Waals surface area (Å²) >= 11 is 17.8. The molecule has 2 rings (SSSR count). The summed E-state index contributed by atoms with van der Waals surface area (Å²) in [6.45, 7) is 0. The number of methoxy groups -OCH3 is 2. The van der Waals surface area contributed by atoms with Gasteiger partial charge in [-0.1, -0.05) is 34.8 Å². The van der Waals surface area contributed by atoms with Gasteiger partial charge < -0.3 is 9.47 Å². The minimum Gasteiger partial charge on any atom is -0.493 e. The van der Waals surface area contributed by atoms with E-state index in [0.717, 1.165) is 0 Å². The van der Waals surface area contributed by atoms with Crippen LogP contribution in [0.3, 0.4) is 0 Å². The van der Waals surface area contributed by atoms with Crippen molar-refractivity contribution in [2.24, 2.45) is 5.10 Å². The maximum atomic E-state index is 12.0. The highest BCUT2D eigenvalue weighted by Gasteiger charge is 2.09. The van der Waals surface area contributed by atoms with Gasteiger partial charge in [-0.3, -0.25) is 4.79 Å². The lowest BCUT2D eigenvalue weighted by Gasteiger charge is -2.09. The van der Waals surface area contributed by atoms with Crippen molar-refractivity contribution < 1.29 is 14.3 Å². The lowest BCUT2D eigenvalue weighted by molar-refractivity contribution is 0.0955. The summed E-state index contributed by atoms with van der Waals surface area (Å²) in [5, 5.41) is 4.94. The number of benzene rings is 2. The number of halogens is 3. The monoisotopic (exact) mass is 386 g/mol. The Kier molecular flexibility index (Phi) is 6.31. The van der Waals surface area contributed by atoms with Gasteiger partial charge in [-0.15, -0.1) is 0 Å². The van der Waals surface area contributed by atoms with Crippen molar-refractivity contribution in [3.63, 3.8) is 0 Å². The first-order chi connectivity index (χ1) is 11.5. The first-order valence-electron chi connectivity index (χ1n) is 6.66. The Labute approximate surface area is 154 Å². The standard InChI is InChI=1S/C16H13Cl3N2O3/c1-23-14-6-10(12(18)7-15(14)24-2)8-20-21-16(22)9-3-4-11(17)13(19)5-9/h3-8H,1-2H3,(H,21,22)/b20-8-. The highest BCUT2D eigenvalue weighted by Crippen LogP contribution is 2.32. The fraction of sp³-hybridized carbons (Fsp3) is 0.125. The molecule has 24 heavy (non-hydrogen) atoms. The average molecular weight is 388 g/mol. The highest BCUT2D eigenvalue weighted by atomic mass is 35.5. The van der Waals surface area contributed by atoms with E-state index in [1.165, 1.54) is 32.6 Å². The van der Waals surface area contributed by atoms with Crippen LogP contribution in [0.1, 0.15) is 15.9 Å². The molecule has 0 aliphatic rings. The molecule has 1 amide bonds. The van der Waals surface area contributed by atoms with Crippen molar-refractivity contribution in [2.75, 3.05) is 14.2 Å². The second-order valence-electron chi connectivity index (χ2n) is 4.56. The van der Waals surface area contributed by atoms with E-state index in [2.05, 4.69) is 10.5 Å². The number of ether oxygens (including phenoxy) is 2. The molecule has 0 radical (unpaired) electrons. The van der Waals surface area contributed by atoms with Crippen LogP contribution >= 0.6 is 34.8 Å². The normalized spacial score (nSPS) is 10.7. The highest BCUT2D eigenvalue weighted by molar-refractivity contribution is 6.42. The van der Waals surface area contributed by atoms with Gasteiger partial charge in [0.25, 0.3) is 5.91 Å². The summed E-state index contributed by atoms with van der Waals surface area (Å²) in [4.78, 5) is 12.0. The van der Waals surface area contributed by atoms with Gasteiger partial charge in [0.2, 0.25) is 0 Å². The number of hydrazone groups is 1. The Morgan fingerprint density at radius 3 is 2.29 bits per heavy atom. The maximum absolute atomic E-state index is 12.0. The Bertz CT molecular complexity index is 794. The van der Waals surface area contributed by atoms with E-state index < -0.39 is 5.91 Å². The van der Waals surface area contributed by atoms with Gasteiger partial charge in [-0.2, -0.15) is 5.10 Å². The van der Waals surface area contributed by atoms with Gasteiger partial charge in [0, 0.05) is 17.2 Å². The van der Waals surface area contributed by atoms with Gasteiger partial charge in [-0.05, 0) is 24.3 Å². The molecule has 0 heterocycles. The number of amides is 1. The molecule has 2 aromatic carbocycles. The molecule has 0 fully saturated rings. The second-order valence-corrected chi connectivity index (χ2v) is 5.78. The number of hydrogen-bond donors (Lipinski definition) is 1. The average Bonchev–Trinajstić information content (AvgIpc) is 2.58. The third kappa shape index (κ3) is 4.32. The number of rotatable bonds is 5. The molecule has 0 bridgehead atoms. The first-order valence-corrected chi connectivity index (χ1v) is 7.79. The van der Waals surface area contributed by atoms with Crippen molar-refractivity contribution in [3.05, 3.63) is 56.5 Å². The van der Waals surface area contributed by atoms with E-state index in [-0.39, 0.29) is 5.02 Å². The number of hydrogen-bond acceptors (Lipinski definition) is 4. The first kappa shape index (κ1) is 18.4. The molecule has 1 N–H and O–H groups in total. The number of carbonyl (C=O) groups is 1. The SMILES string of the molecule is COc1cc(Cl)c(/C=N\NC(=O)c2ccc(Cl)c(Cl)c2)cc1OC. The van der Waals surface area contributed by atoms with E-state index in [4.69, 9.17) is 44.3 Å². The molecule has 0 saturated heterocycles. The van der Waals surface area contributed by atoms with Crippen LogP contribution in [0.2, 0.25) is 15.1 Å². The van der Waals surface area contributed by atoms with Gasteiger partial charge in [0.1, 0.15) is 0 Å². The van der Waals surface area contributed by atoms with Crippen LogP contribution in [-0.2, 0) is 0 Å². The Hall–Kier alpha value is -1.95. The van der Waals surface area contributed by atoms with Crippen molar-refractivity contribution in [2.45, 2.75) is 0 Å². The summed E-state index contributed by atoms with van der Waals surface area (Å²) in [6.07, 6.45) is 1.40. The fourth-order valence-electron chi connectivity index (χ4n) is 1.83. The molecule has 8 heteroatoms. The van der Waals surface area contributed by atoms with E-state index in [0.29, 0.717) is 32.7 Å². The zero-order chi connectivity index (χ0) is 17.7. The zero-order valence-electron chi connectivity index (χ0n) is 12.8. The largest absolute Gasteiger partial charge is 0.493 e. The van der Waals surface area contributed by atoms with E-state index in [1.54, 1.807) is 18.2 Å². The van der Waals surface area contributed by atoms with Gasteiger partial charge in [0.15, 0.2) is 11.5 Å². The zero-order valence-corrected chi connectivity index (χ0v) is 15.0. The lowest BCUT2D eigenvalue weighted by atomic mass is 10.2. The third-order valence-electron chi connectivity index (χ3n) is 3.05. The Balaban J connectivity index is 2.13. The van der Waals surface area contributed by atoms with E-state index in [1.807, 2.05) is 0 Å². The second kappa shape index (κ2) is 8.24. The Morgan fingerprint density at radius 1 is 1.00 bits per heavy atom. The molecule has 126 valence electrons. The lowest BCUT2D eigenvalue weighted by Crippen LogP contribution is -2.17. The molecule has 2 aromatic rings. The molecule has 0 aliphatic heterocycles. The Morgan fingerprint density at radius 2 is 1.67 bits per heavy atom. The van der Waals surface area contributed by atoms with Crippen molar-refractivity contribution >= 4 is 46.9 Å². The van der Waals surface area contributed by atoms with E-state index >= 15 is 0 Å². The smallest absolute Gasteiger partial charge is 0.271 e. The summed E-state index contributed by atoms with van der Waals surface area (Å²) in [5.41, 5.74) is 3.28. The number of nitrogens with zero attached hydrogens (tertiary/aromatic N) is 1. The molecule has 5 nitrogen and oxygen atoms in total. The predicted molar refractivity (Wildman–Crippen MR) is 96.1 cm³/mol. The minimum atomic E-state index is -0.429. The summed E-state index contributed by atoms with van der Waals surface area (Å²) < 4.78 is 10.3. The third-order valence-corrected chi connectivity index (χ3v) is 4.12. The van der Waals surface area contributed by atoms with Gasteiger partial charge in [0.05, 0.1) is 35.5 Å². The molecular formula is C16H13Cl3N2O3. The van der Waals surface area contributed by atoms with Crippen LogP contribution in [-0.4, -0.2) is 26.3 Å². The molecule has 0 unspecified atom stereocenters. The van der Waals surface area contributed by atoms with Crippen LogP contribution < -0.4 is 14.9 Å². The van der Waals surface area contributed by atoms with Crippen molar-refractivity contribution in [1.29, 1.82) is 0 Å². The molecule has 0 aliphatic carbocycles. The topological polar surface area (TPSA) is 59.9 Å². The summed E-state index contributed by atoms with van der Waals surface area (Å²) in [7, 11) is 3.03. The minimum absolute atomic E-state index is 0.288. The van der Waals surface area contributed by atoms with Gasteiger partial charge in [-0.25, -0.2) is 5.43 Å². The van der Waals surface area contributed by atoms with Crippen LogP contribution in [0.5, 0.6) is 11.5 Å². The van der Waals surface area contributed by atoms with Crippen LogP contribution in [0, 0.1) is 0 Å². The van der Waals surface area contributed by atoms with Crippen LogP contribution in [0.4, 0.5) is 0 Å². The molecular weight excluding hydrogens is 375 g/mol. The number of nitrogens with one attached hydrogen (secondary N) is 1. The molecule has 0 spiro atoms. The summed E-state index contributed by atoms with van der Waals surface area (Å²) in [6, 6.07) is 7.78. The van der Waals surface area contributed by atoms with Crippen molar-refractivity contribution in [1.82, 2.24) is 5.43 Å². The molecule has 0 aromatic heterocycles. The quantitative estimate of drug-likeness (QED) is 0.610. The van der Waals surface area contributed by atoms with Crippen LogP contribution in [0.25, 0.3) is 0 Å². The van der Waals surface area contributed by atoms with Crippen LogP contribution in [0.15, 0.2) is 35.4 Å². The number of carbonyl (C=O) groups excluding carboxylic acids is 1.